The van der Waals surface area contributed by atoms with Crippen LogP contribution < -0.4 is 16.0 Å². The lowest BCUT2D eigenvalue weighted by Crippen LogP contribution is -2.41. The molecule has 4 N–H and O–H groups in total. The lowest BCUT2D eigenvalue weighted by Gasteiger charge is -2.13. The molecule has 1 heterocycles. The molecule has 1 unspecified atom stereocenters. The molecule has 1 rings (SSSR count). The second-order valence-electron chi connectivity index (χ2n) is 4.29. The van der Waals surface area contributed by atoms with Crippen molar-refractivity contribution in [2.45, 2.75) is 25.8 Å². The first-order valence-electron chi connectivity index (χ1n) is 6.61. The fraction of sp³-hybridized carbons (Fsp3) is 0.462. The third-order valence-corrected chi connectivity index (χ3v) is 3.50. The van der Waals surface area contributed by atoms with E-state index in [1.165, 1.54) is 11.3 Å². The van der Waals surface area contributed by atoms with Crippen molar-refractivity contribution in [3.05, 3.63) is 22.4 Å². The molecular formula is C13H19N3O4S. The summed E-state index contributed by atoms with van der Waals surface area (Å²) in [6, 6.07) is 1.66. The number of carbonyl (C=O) groups excluding carboxylic acids is 2. The number of carboxylic acid groups (broad SMARTS) is 1. The van der Waals surface area contributed by atoms with Crippen molar-refractivity contribution in [1.82, 2.24) is 16.0 Å². The molecule has 0 aromatic carbocycles. The van der Waals surface area contributed by atoms with E-state index in [1.807, 2.05) is 6.92 Å². The van der Waals surface area contributed by atoms with E-state index in [4.69, 9.17) is 5.11 Å². The van der Waals surface area contributed by atoms with Gasteiger partial charge in [-0.2, -0.15) is 0 Å². The van der Waals surface area contributed by atoms with E-state index < -0.39 is 18.0 Å². The molecule has 1 aromatic rings. The predicted octanol–water partition coefficient (Wildman–Crippen LogP) is 1.09. The first kappa shape index (κ1) is 17.0. The topological polar surface area (TPSA) is 108 Å². The van der Waals surface area contributed by atoms with E-state index in [1.54, 1.807) is 17.5 Å². The van der Waals surface area contributed by atoms with Crippen LogP contribution in [0.25, 0.3) is 0 Å². The maximum absolute atomic E-state index is 11.6. The molecule has 3 amide bonds. The van der Waals surface area contributed by atoms with Crippen LogP contribution in [-0.2, 0) is 9.59 Å². The van der Waals surface area contributed by atoms with Crippen molar-refractivity contribution in [1.29, 1.82) is 0 Å². The van der Waals surface area contributed by atoms with Crippen molar-refractivity contribution in [2.24, 2.45) is 0 Å². The summed E-state index contributed by atoms with van der Waals surface area (Å²) < 4.78 is 0. The van der Waals surface area contributed by atoms with Crippen molar-refractivity contribution < 1.29 is 19.5 Å². The maximum atomic E-state index is 11.6. The van der Waals surface area contributed by atoms with Gasteiger partial charge in [0.25, 0.3) is 0 Å². The van der Waals surface area contributed by atoms with E-state index in [0.29, 0.717) is 11.4 Å². The highest BCUT2D eigenvalue weighted by Gasteiger charge is 2.22. The molecule has 21 heavy (non-hydrogen) atoms. The molecule has 8 heteroatoms. The Labute approximate surface area is 126 Å². The average molecular weight is 313 g/mol. The van der Waals surface area contributed by atoms with Gasteiger partial charge in [-0.05, 0) is 17.9 Å². The summed E-state index contributed by atoms with van der Waals surface area (Å²) in [5, 5.41) is 18.4. The number of urea groups is 1. The first-order chi connectivity index (χ1) is 10.0. The van der Waals surface area contributed by atoms with E-state index in [-0.39, 0.29) is 18.9 Å². The highest BCUT2D eigenvalue weighted by Crippen LogP contribution is 2.18. The summed E-state index contributed by atoms with van der Waals surface area (Å²) in [5.41, 5.74) is 0. The zero-order valence-corrected chi connectivity index (χ0v) is 12.5. The van der Waals surface area contributed by atoms with Crippen molar-refractivity contribution in [3.63, 3.8) is 0 Å². The molecule has 116 valence electrons. The highest BCUT2D eigenvalue weighted by atomic mass is 32.1. The number of hydrogen-bond acceptors (Lipinski definition) is 4. The Balaban J connectivity index is 2.35. The van der Waals surface area contributed by atoms with E-state index >= 15 is 0 Å². The zero-order valence-electron chi connectivity index (χ0n) is 11.7. The summed E-state index contributed by atoms with van der Waals surface area (Å²) in [5.74, 6) is -1.28. The smallest absolute Gasteiger partial charge is 0.331 e. The Morgan fingerprint density at radius 1 is 1.29 bits per heavy atom. The maximum Gasteiger partial charge on any atom is 0.331 e. The summed E-state index contributed by atoms with van der Waals surface area (Å²) >= 11 is 1.25. The number of hydrogen-bond donors (Lipinski definition) is 4. The van der Waals surface area contributed by atoms with Gasteiger partial charge in [0.1, 0.15) is 0 Å². The fourth-order valence-corrected chi connectivity index (χ4v) is 2.30. The van der Waals surface area contributed by atoms with Crippen LogP contribution in [0.5, 0.6) is 0 Å². The predicted molar refractivity (Wildman–Crippen MR) is 79.1 cm³/mol. The SMILES string of the molecule is CCCNC(=O)CCNC(=O)NC(C(=O)O)c1cccs1. The second kappa shape index (κ2) is 8.96. The number of nitrogens with one attached hydrogen (secondary N) is 3. The van der Waals surface area contributed by atoms with Crippen LogP contribution in [-0.4, -0.2) is 36.1 Å². The Morgan fingerprint density at radius 3 is 2.62 bits per heavy atom. The van der Waals surface area contributed by atoms with Crippen LogP contribution in [0.3, 0.4) is 0 Å². The molecule has 0 fully saturated rings. The van der Waals surface area contributed by atoms with Gasteiger partial charge in [0.2, 0.25) is 5.91 Å². The third kappa shape index (κ3) is 6.26. The average Bonchev–Trinajstić information content (AvgIpc) is 2.96. The summed E-state index contributed by atoms with van der Waals surface area (Å²) in [4.78, 5) is 34.6. The Morgan fingerprint density at radius 2 is 2.05 bits per heavy atom. The molecule has 0 saturated carbocycles. The molecule has 0 aliphatic carbocycles. The van der Waals surface area contributed by atoms with Crippen LogP contribution in [0, 0.1) is 0 Å². The molecule has 1 aromatic heterocycles. The number of rotatable bonds is 8. The van der Waals surface area contributed by atoms with Gasteiger partial charge in [-0.1, -0.05) is 13.0 Å². The molecule has 0 saturated heterocycles. The first-order valence-corrected chi connectivity index (χ1v) is 7.49. The van der Waals surface area contributed by atoms with Gasteiger partial charge >= 0.3 is 12.0 Å². The molecule has 0 bridgehead atoms. The minimum absolute atomic E-state index is 0.148. The lowest BCUT2D eigenvalue weighted by molar-refractivity contribution is -0.139. The third-order valence-electron chi connectivity index (χ3n) is 2.56. The minimum atomic E-state index is -1.13. The Bertz CT molecular complexity index is 476. The van der Waals surface area contributed by atoms with Crippen molar-refractivity contribution >= 4 is 29.2 Å². The molecule has 1 atom stereocenters. The van der Waals surface area contributed by atoms with Crippen LogP contribution in [0.4, 0.5) is 4.79 Å². The molecular weight excluding hydrogens is 294 g/mol. The lowest BCUT2D eigenvalue weighted by atomic mass is 10.2. The van der Waals surface area contributed by atoms with Crippen LogP contribution in [0.2, 0.25) is 0 Å². The van der Waals surface area contributed by atoms with Gasteiger partial charge in [-0.3, -0.25) is 4.79 Å². The summed E-state index contributed by atoms with van der Waals surface area (Å²) in [6.45, 7) is 2.70. The monoisotopic (exact) mass is 313 g/mol. The van der Waals surface area contributed by atoms with Crippen molar-refractivity contribution in [2.75, 3.05) is 13.1 Å². The van der Waals surface area contributed by atoms with Crippen molar-refractivity contribution in [3.8, 4) is 0 Å². The van der Waals surface area contributed by atoms with Crippen LogP contribution >= 0.6 is 11.3 Å². The quantitative estimate of drug-likeness (QED) is 0.576. The standard InChI is InChI=1S/C13H19N3O4S/c1-2-6-14-10(17)5-7-15-13(20)16-11(12(18)19)9-4-3-8-21-9/h3-4,8,11H,2,5-7H2,1H3,(H,14,17)(H,18,19)(H2,15,16,20). The van der Waals surface area contributed by atoms with Gasteiger partial charge in [-0.25, -0.2) is 9.59 Å². The Kier molecular flexibility index (Phi) is 7.24. The van der Waals surface area contributed by atoms with Crippen LogP contribution in [0.1, 0.15) is 30.7 Å². The van der Waals surface area contributed by atoms with Gasteiger partial charge < -0.3 is 21.1 Å². The van der Waals surface area contributed by atoms with Crippen LogP contribution in [0.15, 0.2) is 17.5 Å². The van der Waals surface area contributed by atoms with Gasteiger partial charge in [0, 0.05) is 24.4 Å². The molecule has 0 aliphatic heterocycles. The van der Waals surface area contributed by atoms with E-state index in [2.05, 4.69) is 16.0 Å². The fourth-order valence-electron chi connectivity index (χ4n) is 1.53. The molecule has 0 spiro atoms. The van der Waals surface area contributed by atoms with E-state index in [0.717, 1.165) is 6.42 Å². The number of thiophene rings is 1. The number of carboxylic acids is 1. The normalized spacial score (nSPS) is 11.5. The number of aliphatic carboxylic acids is 1. The number of carbonyl (C=O) groups is 3. The Hall–Kier alpha value is -2.09. The molecule has 0 aliphatic rings. The summed E-state index contributed by atoms with van der Waals surface area (Å²) in [6.07, 6.45) is 1.00. The molecule has 0 radical (unpaired) electrons. The zero-order chi connectivity index (χ0) is 15.7. The number of amides is 3. The highest BCUT2D eigenvalue weighted by molar-refractivity contribution is 7.10. The largest absolute Gasteiger partial charge is 0.479 e. The van der Waals surface area contributed by atoms with E-state index in [9.17, 15) is 14.4 Å². The van der Waals surface area contributed by atoms with Gasteiger partial charge in [-0.15, -0.1) is 11.3 Å². The van der Waals surface area contributed by atoms with Gasteiger partial charge in [0.15, 0.2) is 6.04 Å². The molecule has 7 nitrogen and oxygen atoms in total. The minimum Gasteiger partial charge on any atom is -0.479 e. The second-order valence-corrected chi connectivity index (χ2v) is 5.27. The van der Waals surface area contributed by atoms with Gasteiger partial charge in [0.05, 0.1) is 0 Å². The summed E-state index contributed by atoms with van der Waals surface area (Å²) in [7, 11) is 0.